The number of aliphatic hydroxyl groups excluding tert-OH is 1. The molecule has 1 aromatic carbocycles. The lowest BCUT2D eigenvalue weighted by atomic mass is 10.0. The number of aromatic amines is 1. The van der Waals surface area contributed by atoms with Crippen LogP contribution in [0.3, 0.4) is 0 Å². The molecule has 0 radical (unpaired) electrons. The number of hydrogen-bond donors (Lipinski definition) is 2. The predicted octanol–water partition coefficient (Wildman–Crippen LogP) is 2.40. The van der Waals surface area contributed by atoms with E-state index < -0.39 is 6.10 Å². The van der Waals surface area contributed by atoms with Gasteiger partial charge in [0, 0.05) is 11.9 Å². The van der Waals surface area contributed by atoms with Crippen molar-refractivity contribution in [3.05, 3.63) is 59.4 Å². The fourth-order valence-corrected chi connectivity index (χ4v) is 1.58. The van der Waals surface area contributed by atoms with Crippen LogP contribution in [0.1, 0.15) is 22.9 Å². The molecule has 0 saturated heterocycles. The van der Waals surface area contributed by atoms with Crippen LogP contribution in [-0.2, 0) is 0 Å². The first-order valence-corrected chi connectivity index (χ1v) is 4.66. The molecule has 0 fully saturated rings. The molecule has 0 aliphatic heterocycles. The highest BCUT2D eigenvalue weighted by Crippen LogP contribution is 2.22. The zero-order valence-corrected chi connectivity index (χ0v) is 8.07. The first kappa shape index (κ1) is 9.03. The van der Waals surface area contributed by atoms with Crippen LogP contribution in [0.2, 0.25) is 0 Å². The number of nitrogens with one attached hydrogen (secondary N) is 1. The summed E-state index contributed by atoms with van der Waals surface area (Å²) < 4.78 is 0. The molecule has 0 spiro atoms. The second-order valence-corrected chi connectivity index (χ2v) is 3.38. The molecule has 0 amide bonds. The van der Waals surface area contributed by atoms with Crippen LogP contribution in [0.4, 0.5) is 0 Å². The number of hydrogen-bond acceptors (Lipinski definition) is 1. The number of aliphatic hydroxyl groups is 1. The summed E-state index contributed by atoms with van der Waals surface area (Å²) in [5, 5.41) is 10.0. The number of aromatic nitrogens is 1. The van der Waals surface area contributed by atoms with Gasteiger partial charge < -0.3 is 10.1 Å². The fraction of sp³-hybridized carbons (Fsp3) is 0.167. The van der Waals surface area contributed by atoms with Crippen molar-refractivity contribution in [2.24, 2.45) is 0 Å². The third-order valence-electron chi connectivity index (χ3n) is 2.40. The van der Waals surface area contributed by atoms with Gasteiger partial charge in [-0.05, 0) is 30.2 Å². The van der Waals surface area contributed by atoms with Gasteiger partial charge in [-0.25, -0.2) is 0 Å². The van der Waals surface area contributed by atoms with Gasteiger partial charge in [0.1, 0.15) is 6.10 Å². The summed E-state index contributed by atoms with van der Waals surface area (Å²) in [6.45, 7) is 2.00. The SMILES string of the molecule is Cc1ccccc1C(O)c1ccc[nH]1. The maximum Gasteiger partial charge on any atom is 0.119 e. The average Bonchev–Trinajstić information content (AvgIpc) is 2.70. The minimum absolute atomic E-state index is 0.550. The molecule has 1 aromatic heterocycles. The van der Waals surface area contributed by atoms with Crippen LogP contribution in [0.5, 0.6) is 0 Å². The molecule has 1 heterocycles. The van der Waals surface area contributed by atoms with Crippen molar-refractivity contribution >= 4 is 0 Å². The van der Waals surface area contributed by atoms with Gasteiger partial charge in [0.05, 0.1) is 0 Å². The molecule has 2 aromatic rings. The molecule has 0 aliphatic carbocycles. The van der Waals surface area contributed by atoms with Gasteiger partial charge in [0.15, 0.2) is 0 Å². The highest BCUT2D eigenvalue weighted by molar-refractivity contribution is 5.32. The van der Waals surface area contributed by atoms with Crippen LogP contribution in [0.25, 0.3) is 0 Å². The highest BCUT2D eigenvalue weighted by Gasteiger charge is 2.12. The molecule has 0 saturated carbocycles. The lowest BCUT2D eigenvalue weighted by Crippen LogP contribution is -2.01. The van der Waals surface area contributed by atoms with Crippen molar-refractivity contribution < 1.29 is 5.11 Å². The minimum atomic E-state index is -0.550. The monoisotopic (exact) mass is 187 g/mol. The maximum absolute atomic E-state index is 10.0. The third kappa shape index (κ3) is 1.56. The molecule has 0 bridgehead atoms. The molecule has 2 rings (SSSR count). The summed E-state index contributed by atoms with van der Waals surface area (Å²) in [6, 6.07) is 11.6. The molecule has 14 heavy (non-hydrogen) atoms. The van der Waals surface area contributed by atoms with E-state index in [9.17, 15) is 5.11 Å². The minimum Gasteiger partial charge on any atom is -0.382 e. The molecule has 2 heteroatoms. The van der Waals surface area contributed by atoms with E-state index in [2.05, 4.69) is 4.98 Å². The Morgan fingerprint density at radius 1 is 1.14 bits per heavy atom. The van der Waals surface area contributed by atoms with Crippen LogP contribution in [-0.4, -0.2) is 10.1 Å². The Kier molecular flexibility index (Phi) is 2.37. The summed E-state index contributed by atoms with van der Waals surface area (Å²) in [4.78, 5) is 3.01. The van der Waals surface area contributed by atoms with E-state index in [1.54, 1.807) is 0 Å². The van der Waals surface area contributed by atoms with Crippen LogP contribution in [0, 0.1) is 6.92 Å². The standard InChI is InChI=1S/C12H13NO/c1-9-5-2-3-6-10(9)12(14)11-7-4-8-13-11/h2-8,12-14H,1H3. The van der Waals surface area contributed by atoms with Gasteiger partial charge in [-0.15, -0.1) is 0 Å². The molecule has 2 nitrogen and oxygen atoms in total. The zero-order valence-electron chi connectivity index (χ0n) is 8.07. The summed E-state index contributed by atoms with van der Waals surface area (Å²) in [5.41, 5.74) is 2.89. The Labute approximate surface area is 83.2 Å². The largest absolute Gasteiger partial charge is 0.382 e. The molecule has 1 atom stereocenters. The van der Waals surface area contributed by atoms with Gasteiger partial charge in [-0.1, -0.05) is 24.3 Å². The number of benzene rings is 1. The predicted molar refractivity (Wildman–Crippen MR) is 56.0 cm³/mol. The van der Waals surface area contributed by atoms with E-state index >= 15 is 0 Å². The normalized spacial score (nSPS) is 12.7. The highest BCUT2D eigenvalue weighted by atomic mass is 16.3. The Hall–Kier alpha value is -1.54. The van der Waals surface area contributed by atoms with E-state index in [0.717, 1.165) is 16.8 Å². The van der Waals surface area contributed by atoms with E-state index in [1.807, 2.05) is 49.5 Å². The second kappa shape index (κ2) is 3.68. The number of aryl methyl sites for hydroxylation is 1. The Balaban J connectivity index is 2.37. The van der Waals surface area contributed by atoms with E-state index in [-0.39, 0.29) is 0 Å². The van der Waals surface area contributed by atoms with Crippen molar-refractivity contribution in [2.75, 3.05) is 0 Å². The zero-order chi connectivity index (χ0) is 9.97. The van der Waals surface area contributed by atoms with Crippen molar-refractivity contribution in [3.63, 3.8) is 0 Å². The lowest BCUT2D eigenvalue weighted by molar-refractivity contribution is 0.215. The first-order valence-electron chi connectivity index (χ1n) is 4.66. The van der Waals surface area contributed by atoms with E-state index in [0.29, 0.717) is 0 Å². The Morgan fingerprint density at radius 3 is 2.57 bits per heavy atom. The Morgan fingerprint density at radius 2 is 1.93 bits per heavy atom. The lowest BCUT2D eigenvalue weighted by Gasteiger charge is -2.11. The van der Waals surface area contributed by atoms with Crippen molar-refractivity contribution in [3.8, 4) is 0 Å². The van der Waals surface area contributed by atoms with E-state index in [4.69, 9.17) is 0 Å². The smallest absolute Gasteiger partial charge is 0.119 e. The van der Waals surface area contributed by atoms with Gasteiger partial charge in [-0.3, -0.25) is 0 Å². The Bertz CT molecular complexity index is 406. The topological polar surface area (TPSA) is 36.0 Å². The van der Waals surface area contributed by atoms with Gasteiger partial charge in [0.25, 0.3) is 0 Å². The summed E-state index contributed by atoms with van der Waals surface area (Å²) >= 11 is 0. The molecule has 2 N–H and O–H groups in total. The molecule has 72 valence electrons. The van der Waals surface area contributed by atoms with Gasteiger partial charge in [0.2, 0.25) is 0 Å². The fourth-order valence-electron chi connectivity index (χ4n) is 1.58. The summed E-state index contributed by atoms with van der Waals surface area (Å²) in [5.74, 6) is 0. The van der Waals surface area contributed by atoms with Crippen LogP contribution in [0.15, 0.2) is 42.6 Å². The first-order chi connectivity index (χ1) is 6.79. The molecular formula is C12H13NO. The van der Waals surface area contributed by atoms with Crippen LogP contribution >= 0.6 is 0 Å². The number of H-pyrrole nitrogens is 1. The second-order valence-electron chi connectivity index (χ2n) is 3.38. The molecular weight excluding hydrogens is 174 g/mol. The summed E-state index contributed by atoms with van der Waals surface area (Å²) in [7, 11) is 0. The average molecular weight is 187 g/mol. The third-order valence-corrected chi connectivity index (χ3v) is 2.40. The summed E-state index contributed by atoms with van der Waals surface area (Å²) in [6.07, 6.45) is 1.27. The van der Waals surface area contributed by atoms with Crippen molar-refractivity contribution in [1.29, 1.82) is 0 Å². The van der Waals surface area contributed by atoms with Crippen LogP contribution < -0.4 is 0 Å². The quantitative estimate of drug-likeness (QED) is 0.744. The van der Waals surface area contributed by atoms with Crippen molar-refractivity contribution in [2.45, 2.75) is 13.0 Å². The van der Waals surface area contributed by atoms with Gasteiger partial charge >= 0.3 is 0 Å². The molecule has 1 unspecified atom stereocenters. The number of rotatable bonds is 2. The van der Waals surface area contributed by atoms with E-state index in [1.165, 1.54) is 0 Å². The molecule has 0 aliphatic rings. The van der Waals surface area contributed by atoms with Gasteiger partial charge in [-0.2, -0.15) is 0 Å². The van der Waals surface area contributed by atoms with Crippen molar-refractivity contribution in [1.82, 2.24) is 4.98 Å². The maximum atomic E-state index is 10.0.